The van der Waals surface area contributed by atoms with Crippen LogP contribution < -0.4 is 15.9 Å². The number of fused-ring (bicyclic) bond motifs is 1. The first-order valence-electron chi connectivity index (χ1n) is 8.66. The average molecular weight is 370 g/mol. The number of hydrogen-bond donors (Lipinski definition) is 1. The van der Waals surface area contributed by atoms with Crippen LogP contribution in [0.4, 0.5) is 4.39 Å². The molecule has 3 N–H and O–H groups in total. The molecule has 0 radical (unpaired) electrons. The highest BCUT2D eigenvalue weighted by molar-refractivity contribution is 5.85. The highest BCUT2D eigenvalue weighted by atomic mass is 19.1. The molecule has 6 heteroatoms. The molecule has 0 bridgehead atoms. The lowest BCUT2D eigenvalue weighted by molar-refractivity contribution is -0.417. The van der Waals surface area contributed by atoms with Crippen molar-refractivity contribution in [2.24, 2.45) is 5.92 Å². The molecule has 3 rings (SSSR count). The van der Waals surface area contributed by atoms with Gasteiger partial charge in [-0.1, -0.05) is 26.0 Å². The first kappa shape index (κ1) is 18.8. The van der Waals surface area contributed by atoms with E-state index in [4.69, 9.17) is 9.15 Å². The fraction of sp³-hybridized carbons (Fsp3) is 0.238. The summed E-state index contributed by atoms with van der Waals surface area (Å²) in [6, 6.07) is 9.81. The Labute approximate surface area is 155 Å². The minimum atomic E-state index is -0.490. The fourth-order valence-corrected chi connectivity index (χ4v) is 2.76. The summed E-state index contributed by atoms with van der Waals surface area (Å²) in [5.74, 6) is -0.0698. The molecule has 5 nitrogen and oxygen atoms in total. The van der Waals surface area contributed by atoms with Gasteiger partial charge in [-0.2, -0.15) is 0 Å². The Bertz CT molecular complexity index is 1050. The van der Waals surface area contributed by atoms with Gasteiger partial charge in [-0.15, -0.1) is 0 Å². The van der Waals surface area contributed by atoms with Crippen LogP contribution in [0.5, 0.6) is 5.75 Å². The number of ether oxygens (including phenoxy) is 1. The second-order valence-corrected chi connectivity index (χ2v) is 6.80. The molecule has 2 aromatic carbocycles. The van der Waals surface area contributed by atoms with Crippen molar-refractivity contribution >= 4 is 16.9 Å². The number of quaternary nitrogens is 1. The highest BCUT2D eigenvalue weighted by Crippen LogP contribution is 2.26. The Hall–Kier alpha value is -2.99. The zero-order chi connectivity index (χ0) is 19.7. The van der Waals surface area contributed by atoms with E-state index in [1.807, 2.05) is 13.8 Å². The largest absolute Gasteiger partial charge is 0.460 e. The van der Waals surface area contributed by atoms with Crippen molar-refractivity contribution < 1.29 is 24.1 Å². The van der Waals surface area contributed by atoms with Gasteiger partial charge in [0.15, 0.2) is 6.04 Å². The summed E-state index contributed by atoms with van der Waals surface area (Å²) in [6.45, 7) is 5.44. The molecule has 0 fully saturated rings. The monoisotopic (exact) mass is 370 g/mol. The predicted octanol–water partition coefficient (Wildman–Crippen LogP) is 3.08. The van der Waals surface area contributed by atoms with Crippen LogP contribution in [-0.4, -0.2) is 12.0 Å². The molecular weight excluding hydrogens is 349 g/mol. The van der Waals surface area contributed by atoms with Crippen LogP contribution in [0.15, 0.2) is 51.7 Å². The summed E-state index contributed by atoms with van der Waals surface area (Å²) in [7, 11) is 0. The number of esters is 1. The van der Waals surface area contributed by atoms with Gasteiger partial charge in [-0.25, -0.2) is 9.18 Å². The van der Waals surface area contributed by atoms with Crippen molar-refractivity contribution in [3.63, 3.8) is 0 Å². The summed E-state index contributed by atoms with van der Waals surface area (Å²) < 4.78 is 24.3. The van der Waals surface area contributed by atoms with E-state index in [2.05, 4.69) is 5.73 Å². The number of aryl methyl sites for hydroxylation is 1. The number of rotatable bonds is 4. The molecule has 1 atom stereocenters. The van der Waals surface area contributed by atoms with Crippen molar-refractivity contribution in [1.82, 2.24) is 0 Å². The van der Waals surface area contributed by atoms with Crippen LogP contribution in [-0.2, 0) is 4.79 Å². The molecule has 0 aliphatic rings. The normalized spacial score (nSPS) is 12.4. The van der Waals surface area contributed by atoms with Crippen LogP contribution in [0.25, 0.3) is 22.1 Å². The Morgan fingerprint density at radius 2 is 1.81 bits per heavy atom. The molecule has 0 spiro atoms. The van der Waals surface area contributed by atoms with Crippen LogP contribution in [0.1, 0.15) is 19.6 Å². The van der Waals surface area contributed by atoms with E-state index in [1.165, 1.54) is 30.3 Å². The molecule has 1 heterocycles. The van der Waals surface area contributed by atoms with Crippen LogP contribution in [0.3, 0.4) is 0 Å². The topological polar surface area (TPSA) is 84.2 Å². The van der Waals surface area contributed by atoms with Crippen molar-refractivity contribution in [2.45, 2.75) is 26.8 Å². The maximum Gasteiger partial charge on any atom is 0.370 e. The zero-order valence-electron chi connectivity index (χ0n) is 15.4. The smallest absolute Gasteiger partial charge is 0.370 e. The number of benzene rings is 2. The molecular formula is C21H21FNO4+. The zero-order valence-corrected chi connectivity index (χ0v) is 15.4. The van der Waals surface area contributed by atoms with Gasteiger partial charge in [0, 0.05) is 12.0 Å². The Kier molecular flexibility index (Phi) is 5.10. The Morgan fingerprint density at radius 3 is 2.44 bits per heavy atom. The molecule has 0 saturated carbocycles. The van der Waals surface area contributed by atoms with Gasteiger partial charge in [0.1, 0.15) is 22.9 Å². The lowest BCUT2D eigenvalue weighted by atomic mass is 10.0. The second-order valence-electron chi connectivity index (χ2n) is 6.80. The van der Waals surface area contributed by atoms with Gasteiger partial charge in [-0.3, -0.25) is 4.79 Å². The van der Waals surface area contributed by atoms with E-state index in [9.17, 15) is 14.0 Å². The summed E-state index contributed by atoms with van der Waals surface area (Å²) in [4.78, 5) is 25.0. The predicted molar refractivity (Wildman–Crippen MR) is 99.8 cm³/mol. The van der Waals surface area contributed by atoms with Gasteiger partial charge in [-0.05, 0) is 36.8 Å². The van der Waals surface area contributed by atoms with E-state index in [1.54, 1.807) is 19.1 Å². The fourth-order valence-electron chi connectivity index (χ4n) is 2.76. The second kappa shape index (κ2) is 7.32. The van der Waals surface area contributed by atoms with Crippen molar-refractivity contribution in [1.29, 1.82) is 0 Å². The van der Waals surface area contributed by atoms with Crippen molar-refractivity contribution in [3.8, 4) is 16.9 Å². The number of carbonyl (C=O) groups is 1. The summed E-state index contributed by atoms with van der Waals surface area (Å²) in [5, 5.41) is 0.356. The molecule has 0 aliphatic heterocycles. The van der Waals surface area contributed by atoms with E-state index in [0.717, 1.165) is 0 Å². The third-order valence-corrected chi connectivity index (χ3v) is 4.50. The molecule has 140 valence electrons. The average Bonchev–Trinajstić information content (AvgIpc) is 2.62. The summed E-state index contributed by atoms with van der Waals surface area (Å²) >= 11 is 0. The van der Waals surface area contributed by atoms with Gasteiger partial charge in [0.05, 0.1) is 10.9 Å². The SMILES string of the molecule is Cc1oc2cc(OC(=O)C([NH3+])C(C)C)ccc2c(=O)c1-c1ccc(F)cc1. The standard InChI is InChI=1S/C21H20FNO4/c1-11(2)19(23)21(25)27-15-8-9-16-17(10-15)26-12(3)18(20(16)24)13-4-6-14(22)7-5-13/h4-11,19H,23H2,1-3H3/p+1. The lowest BCUT2D eigenvalue weighted by Crippen LogP contribution is -2.68. The maximum atomic E-state index is 13.2. The molecule has 0 saturated heterocycles. The highest BCUT2D eigenvalue weighted by Gasteiger charge is 2.24. The molecule has 0 aliphatic carbocycles. The molecule has 0 amide bonds. The Morgan fingerprint density at radius 1 is 1.15 bits per heavy atom. The number of carbonyl (C=O) groups excluding carboxylic acids is 1. The Balaban J connectivity index is 2.02. The van der Waals surface area contributed by atoms with Gasteiger partial charge >= 0.3 is 5.97 Å². The molecule has 27 heavy (non-hydrogen) atoms. The van der Waals surface area contributed by atoms with E-state index < -0.39 is 12.0 Å². The molecule has 1 unspecified atom stereocenters. The minimum Gasteiger partial charge on any atom is -0.460 e. The van der Waals surface area contributed by atoms with E-state index in [0.29, 0.717) is 33.6 Å². The van der Waals surface area contributed by atoms with Crippen LogP contribution in [0.2, 0.25) is 0 Å². The van der Waals surface area contributed by atoms with E-state index in [-0.39, 0.29) is 17.2 Å². The third kappa shape index (κ3) is 3.75. The summed E-state index contributed by atoms with van der Waals surface area (Å²) in [6.07, 6.45) is 0. The minimum absolute atomic E-state index is 0.0522. The van der Waals surface area contributed by atoms with Crippen LogP contribution in [0, 0.1) is 18.7 Å². The lowest BCUT2D eigenvalue weighted by Gasteiger charge is -2.12. The number of halogens is 1. The summed E-state index contributed by atoms with van der Waals surface area (Å²) in [5.41, 5.74) is 4.85. The van der Waals surface area contributed by atoms with Gasteiger partial charge < -0.3 is 14.9 Å². The van der Waals surface area contributed by atoms with Crippen molar-refractivity contribution in [2.75, 3.05) is 0 Å². The molecule has 1 aromatic heterocycles. The van der Waals surface area contributed by atoms with Gasteiger partial charge in [0.25, 0.3) is 0 Å². The quantitative estimate of drug-likeness (QED) is 0.565. The maximum absolute atomic E-state index is 13.2. The first-order chi connectivity index (χ1) is 12.8. The van der Waals surface area contributed by atoms with E-state index >= 15 is 0 Å². The molecule has 3 aromatic rings. The first-order valence-corrected chi connectivity index (χ1v) is 8.66. The third-order valence-electron chi connectivity index (χ3n) is 4.50. The van der Waals surface area contributed by atoms with Gasteiger partial charge in [0.2, 0.25) is 5.43 Å². The van der Waals surface area contributed by atoms with Crippen LogP contribution >= 0.6 is 0 Å². The van der Waals surface area contributed by atoms with Crippen molar-refractivity contribution in [3.05, 3.63) is 64.3 Å². The number of hydrogen-bond acceptors (Lipinski definition) is 4.